The molecular weight excluding hydrogens is 275 g/mol. The lowest BCUT2D eigenvalue weighted by molar-refractivity contribution is 0.116. The summed E-state index contributed by atoms with van der Waals surface area (Å²) in [6.07, 6.45) is 1.62. The van der Waals surface area contributed by atoms with Gasteiger partial charge >= 0.3 is 0 Å². The van der Waals surface area contributed by atoms with E-state index in [0.717, 1.165) is 51.3 Å². The Morgan fingerprint density at radius 2 is 1.54 bits per heavy atom. The van der Waals surface area contributed by atoms with Crippen LogP contribution in [0.2, 0.25) is 0 Å². The third kappa shape index (κ3) is 0.451. The molecule has 0 aromatic heterocycles. The zero-order chi connectivity index (χ0) is 8.48. The molecule has 13 heavy (non-hydrogen) atoms. The molecule has 0 heterocycles. The summed E-state index contributed by atoms with van der Waals surface area (Å²) in [7, 11) is 0. The summed E-state index contributed by atoms with van der Waals surface area (Å²) in [5.74, 6) is 7.48. The number of aliphatic hydroxyl groups excluding tert-OH is 1. The van der Waals surface area contributed by atoms with Gasteiger partial charge < -0.3 is 5.11 Å². The first-order valence-corrected chi connectivity index (χ1v) is 6.87. The second-order valence-corrected chi connectivity index (χ2v) is 7.40. The van der Waals surface area contributed by atoms with Crippen LogP contribution in [0.5, 0.6) is 0 Å². The molecule has 0 aliphatic heterocycles. The molecule has 1 N–H and O–H groups in total. The Bertz CT molecular complexity index is 283. The van der Waals surface area contributed by atoms with Crippen LogP contribution >= 0.6 is 22.6 Å². The van der Waals surface area contributed by atoms with Gasteiger partial charge in [-0.05, 0) is 53.8 Å². The van der Waals surface area contributed by atoms with Crippen LogP contribution in [-0.2, 0) is 0 Å². The van der Waals surface area contributed by atoms with Crippen molar-refractivity contribution in [2.24, 2.45) is 47.3 Å². The summed E-state index contributed by atoms with van der Waals surface area (Å²) < 4.78 is 0.940. The van der Waals surface area contributed by atoms with E-state index in [9.17, 15) is 5.11 Å². The van der Waals surface area contributed by atoms with Crippen molar-refractivity contribution in [2.75, 3.05) is 0 Å². The zero-order valence-corrected chi connectivity index (χ0v) is 9.46. The molecule has 0 spiro atoms. The predicted octanol–water partition coefficient (Wildman–Crippen LogP) is 1.54. The summed E-state index contributed by atoms with van der Waals surface area (Å²) in [6, 6.07) is 0. The molecule has 0 aromatic carbocycles. The first-order chi connectivity index (χ1) is 6.30. The van der Waals surface area contributed by atoms with E-state index in [0.29, 0.717) is 0 Å². The smallest absolute Gasteiger partial charge is 0.0608 e. The molecule has 0 saturated heterocycles. The van der Waals surface area contributed by atoms with Gasteiger partial charge in [-0.3, -0.25) is 0 Å². The van der Waals surface area contributed by atoms with Crippen LogP contribution in [0, 0.1) is 47.3 Å². The highest BCUT2D eigenvalue weighted by Crippen LogP contribution is 2.83. The number of hydrogen-bond acceptors (Lipinski definition) is 1. The SMILES string of the molecule is O[C@@H]1[C@H]2C3CC4C2[C@H]2[C@@H](I)[C@@H]4C3[C@@H]12. The molecule has 6 fully saturated rings. The van der Waals surface area contributed by atoms with Gasteiger partial charge in [-0.1, -0.05) is 22.6 Å². The fourth-order valence-corrected chi connectivity index (χ4v) is 8.49. The highest BCUT2D eigenvalue weighted by atomic mass is 127. The largest absolute Gasteiger partial charge is 0.393 e. The molecule has 6 aliphatic rings. The van der Waals surface area contributed by atoms with Crippen molar-refractivity contribution in [1.82, 2.24) is 0 Å². The van der Waals surface area contributed by atoms with Gasteiger partial charge in [0.1, 0.15) is 0 Å². The number of aliphatic hydroxyl groups is 1. The molecule has 10 atom stereocenters. The van der Waals surface area contributed by atoms with Crippen molar-refractivity contribution in [3.63, 3.8) is 0 Å². The second-order valence-electron chi connectivity index (χ2n) is 5.96. The van der Waals surface area contributed by atoms with Gasteiger partial charge in [0, 0.05) is 3.92 Å². The quantitative estimate of drug-likeness (QED) is 0.529. The van der Waals surface area contributed by atoms with Crippen molar-refractivity contribution in [3.05, 3.63) is 0 Å². The standard InChI is InChI=1S/C11H13IO/c12-10-6-2-1-3-4(6)9-8(10)5(2)7(3)11(9)13/h2-11,13H,1H2/t2?,3?,4?,5?,6-,7-,8+,9+,10-,11+/m0/s1. The number of hydrogen-bond donors (Lipinski definition) is 1. The summed E-state index contributed by atoms with van der Waals surface area (Å²) in [5.41, 5.74) is 0. The van der Waals surface area contributed by atoms with Crippen molar-refractivity contribution >= 4 is 22.6 Å². The van der Waals surface area contributed by atoms with Crippen LogP contribution in [0.4, 0.5) is 0 Å². The molecule has 6 rings (SSSR count). The van der Waals surface area contributed by atoms with Gasteiger partial charge in [-0.2, -0.15) is 0 Å². The van der Waals surface area contributed by atoms with E-state index in [1.807, 2.05) is 0 Å². The molecule has 2 heteroatoms. The first-order valence-electron chi connectivity index (χ1n) is 5.63. The van der Waals surface area contributed by atoms with Crippen LogP contribution in [0.1, 0.15) is 6.42 Å². The number of rotatable bonds is 0. The Morgan fingerprint density at radius 3 is 2.31 bits per heavy atom. The minimum Gasteiger partial charge on any atom is -0.393 e. The minimum atomic E-state index is 0.125. The molecule has 0 amide bonds. The number of halogens is 1. The monoisotopic (exact) mass is 288 g/mol. The Morgan fingerprint density at radius 1 is 0.846 bits per heavy atom. The maximum atomic E-state index is 10.2. The van der Waals surface area contributed by atoms with Crippen LogP contribution in [0.25, 0.3) is 0 Å². The van der Waals surface area contributed by atoms with Gasteiger partial charge in [0.05, 0.1) is 6.10 Å². The fourth-order valence-electron chi connectivity index (χ4n) is 6.52. The van der Waals surface area contributed by atoms with E-state index in [1.165, 1.54) is 6.42 Å². The average Bonchev–Trinajstić information content (AvgIpc) is 2.78. The molecule has 4 unspecified atom stereocenters. The third-order valence-electron chi connectivity index (χ3n) is 6.27. The predicted molar refractivity (Wildman–Crippen MR) is 56.4 cm³/mol. The maximum absolute atomic E-state index is 10.2. The van der Waals surface area contributed by atoms with Crippen molar-refractivity contribution in [3.8, 4) is 0 Å². The van der Waals surface area contributed by atoms with E-state index in [2.05, 4.69) is 22.6 Å². The number of alkyl halides is 1. The van der Waals surface area contributed by atoms with Crippen molar-refractivity contribution in [2.45, 2.75) is 16.4 Å². The van der Waals surface area contributed by atoms with Crippen LogP contribution in [-0.4, -0.2) is 15.1 Å². The summed E-state index contributed by atoms with van der Waals surface area (Å²) >= 11 is 2.70. The Kier molecular flexibility index (Phi) is 0.936. The lowest BCUT2D eigenvalue weighted by Crippen LogP contribution is -2.30. The van der Waals surface area contributed by atoms with Crippen LogP contribution in [0.15, 0.2) is 0 Å². The Hall–Kier alpha value is 0.690. The van der Waals surface area contributed by atoms with Crippen molar-refractivity contribution in [1.29, 1.82) is 0 Å². The summed E-state index contributed by atoms with van der Waals surface area (Å²) in [4.78, 5) is 0. The molecule has 70 valence electrons. The van der Waals surface area contributed by atoms with Gasteiger partial charge in [0.25, 0.3) is 0 Å². The maximum Gasteiger partial charge on any atom is 0.0608 e. The highest BCUT2D eigenvalue weighted by molar-refractivity contribution is 14.1. The van der Waals surface area contributed by atoms with Crippen molar-refractivity contribution < 1.29 is 5.11 Å². The van der Waals surface area contributed by atoms with E-state index in [1.54, 1.807) is 0 Å². The molecular formula is C11H13IO. The first kappa shape index (κ1) is 7.04. The highest BCUT2D eigenvalue weighted by Gasteiger charge is 2.82. The average molecular weight is 288 g/mol. The molecule has 6 saturated carbocycles. The second kappa shape index (κ2) is 1.73. The van der Waals surface area contributed by atoms with E-state index < -0.39 is 0 Å². The summed E-state index contributed by atoms with van der Waals surface area (Å²) in [5, 5.41) is 10.2. The van der Waals surface area contributed by atoms with E-state index in [-0.39, 0.29) is 6.10 Å². The lowest BCUT2D eigenvalue weighted by Gasteiger charge is -2.33. The van der Waals surface area contributed by atoms with Gasteiger partial charge in [0.15, 0.2) is 0 Å². The van der Waals surface area contributed by atoms with Gasteiger partial charge in [-0.15, -0.1) is 0 Å². The molecule has 6 bridgehead atoms. The van der Waals surface area contributed by atoms with E-state index in [4.69, 9.17) is 0 Å². The van der Waals surface area contributed by atoms with Crippen LogP contribution in [0.3, 0.4) is 0 Å². The van der Waals surface area contributed by atoms with E-state index >= 15 is 0 Å². The fraction of sp³-hybridized carbons (Fsp3) is 1.00. The van der Waals surface area contributed by atoms with Gasteiger partial charge in [0.2, 0.25) is 0 Å². The molecule has 6 aliphatic carbocycles. The Balaban J connectivity index is 1.86. The molecule has 0 aromatic rings. The minimum absolute atomic E-state index is 0.125. The lowest BCUT2D eigenvalue weighted by atomic mass is 9.71. The molecule has 0 radical (unpaired) electrons. The Labute approximate surface area is 91.4 Å². The zero-order valence-electron chi connectivity index (χ0n) is 7.31. The molecule has 1 nitrogen and oxygen atoms in total. The topological polar surface area (TPSA) is 20.2 Å². The van der Waals surface area contributed by atoms with Crippen LogP contribution < -0.4 is 0 Å². The van der Waals surface area contributed by atoms with Gasteiger partial charge in [-0.25, -0.2) is 0 Å². The summed E-state index contributed by atoms with van der Waals surface area (Å²) in [6.45, 7) is 0. The third-order valence-corrected chi connectivity index (χ3v) is 7.93. The normalized spacial score (nSPS) is 85.4.